The summed E-state index contributed by atoms with van der Waals surface area (Å²) in [6, 6.07) is 10.8. The zero-order chi connectivity index (χ0) is 15.4. The highest BCUT2D eigenvalue weighted by molar-refractivity contribution is 5.96. The number of carbonyl (C=O) groups excluding carboxylic acids is 1. The lowest BCUT2D eigenvalue weighted by Crippen LogP contribution is -2.34. The van der Waals surface area contributed by atoms with E-state index in [1.165, 1.54) is 18.2 Å². The molecule has 1 amide bonds. The summed E-state index contributed by atoms with van der Waals surface area (Å²) in [5, 5.41) is 11.7. The number of rotatable bonds is 4. The molecule has 2 N–H and O–H groups in total. The standard InChI is InChI=1S/C16H14FNO3/c1-10-5-2-3-8-13(10)14(16(20)21)18-15(19)11-6-4-7-12(17)9-11/h2-9,14H,1H3,(H,18,19)(H,20,21). The fraction of sp³-hybridized carbons (Fsp3) is 0.125. The molecule has 0 saturated heterocycles. The van der Waals surface area contributed by atoms with Crippen molar-refractivity contribution in [2.75, 3.05) is 0 Å². The first kappa shape index (κ1) is 14.7. The van der Waals surface area contributed by atoms with Crippen molar-refractivity contribution >= 4 is 11.9 Å². The molecule has 108 valence electrons. The molecule has 0 aliphatic rings. The van der Waals surface area contributed by atoms with Crippen LogP contribution >= 0.6 is 0 Å². The molecule has 0 aliphatic heterocycles. The number of benzene rings is 2. The maximum absolute atomic E-state index is 13.1. The van der Waals surface area contributed by atoms with Gasteiger partial charge in [0.15, 0.2) is 6.04 Å². The molecule has 2 aromatic carbocycles. The third-order valence-electron chi connectivity index (χ3n) is 3.11. The minimum atomic E-state index is -1.18. The average Bonchev–Trinajstić information content (AvgIpc) is 2.45. The summed E-state index contributed by atoms with van der Waals surface area (Å²) < 4.78 is 13.1. The van der Waals surface area contributed by atoms with E-state index in [2.05, 4.69) is 5.32 Å². The first-order valence-corrected chi connectivity index (χ1v) is 6.34. The Bertz CT molecular complexity index is 685. The SMILES string of the molecule is Cc1ccccc1C(NC(=O)c1cccc(F)c1)C(=O)O. The second-order valence-electron chi connectivity index (χ2n) is 4.61. The van der Waals surface area contributed by atoms with Crippen LogP contribution in [0.2, 0.25) is 0 Å². The Morgan fingerprint density at radius 3 is 2.48 bits per heavy atom. The molecule has 2 rings (SSSR count). The van der Waals surface area contributed by atoms with E-state index in [1.54, 1.807) is 31.2 Å². The average molecular weight is 287 g/mol. The van der Waals surface area contributed by atoms with Gasteiger partial charge in [-0.05, 0) is 36.2 Å². The Hall–Kier alpha value is -2.69. The van der Waals surface area contributed by atoms with Crippen molar-refractivity contribution in [3.63, 3.8) is 0 Å². The van der Waals surface area contributed by atoms with E-state index in [1.807, 2.05) is 0 Å². The van der Waals surface area contributed by atoms with Crippen LogP contribution in [0.4, 0.5) is 4.39 Å². The van der Waals surface area contributed by atoms with Gasteiger partial charge in [-0.2, -0.15) is 0 Å². The van der Waals surface area contributed by atoms with E-state index in [0.29, 0.717) is 5.56 Å². The second-order valence-corrected chi connectivity index (χ2v) is 4.61. The molecule has 0 aromatic heterocycles. The quantitative estimate of drug-likeness (QED) is 0.908. The summed E-state index contributed by atoms with van der Waals surface area (Å²) in [6.45, 7) is 1.76. The van der Waals surface area contributed by atoms with Crippen molar-refractivity contribution in [3.05, 3.63) is 71.0 Å². The number of hydrogen-bond acceptors (Lipinski definition) is 2. The van der Waals surface area contributed by atoms with E-state index in [4.69, 9.17) is 0 Å². The predicted molar refractivity (Wildman–Crippen MR) is 75.4 cm³/mol. The van der Waals surface area contributed by atoms with E-state index >= 15 is 0 Å². The van der Waals surface area contributed by atoms with Gasteiger partial charge in [-0.1, -0.05) is 30.3 Å². The van der Waals surface area contributed by atoms with Gasteiger partial charge in [0.1, 0.15) is 5.82 Å². The van der Waals surface area contributed by atoms with Gasteiger partial charge in [-0.15, -0.1) is 0 Å². The molecular weight excluding hydrogens is 273 g/mol. The van der Waals surface area contributed by atoms with Crippen molar-refractivity contribution < 1.29 is 19.1 Å². The number of nitrogens with one attached hydrogen (secondary N) is 1. The molecule has 1 unspecified atom stereocenters. The van der Waals surface area contributed by atoms with E-state index in [9.17, 15) is 19.1 Å². The van der Waals surface area contributed by atoms with Crippen molar-refractivity contribution in [3.8, 4) is 0 Å². The number of aryl methyl sites for hydroxylation is 1. The van der Waals surface area contributed by atoms with Gasteiger partial charge >= 0.3 is 5.97 Å². The highest BCUT2D eigenvalue weighted by atomic mass is 19.1. The molecule has 0 bridgehead atoms. The largest absolute Gasteiger partial charge is 0.479 e. The van der Waals surface area contributed by atoms with Crippen LogP contribution in [0.1, 0.15) is 27.5 Å². The number of carboxylic acid groups (broad SMARTS) is 1. The molecule has 21 heavy (non-hydrogen) atoms. The smallest absolute Gasteiger partial charge is 0.330 e. The minimum absolute atomic E-state index is 0.0786. The summed E-state index contributed by atoms with van der Waals surface area (Å²) in [4.78, 5) is 23.5. The molecule has 4 nitrogen and oxygen atoms in total. The molecule has 0 spiro atoms. The van der Waals surface area contributed by atoms with Gasteiger partial charge in [-0.3, -0.25) is 4.79 Å². The third-order valence-corrected chi connectivity index (χ3v) is 3.11. The maximum Gasteiger partial charge on any atom is 0.330 e. The van der Waals surface area contributed by atoms with Crippen LogP contribution in [-0.2, 0) is 4.79 Å². The zero-order valence-electron chi connectivity index (χ0n) is 11.3. The topological polar surface area (TPSA) is 66.4 Å². The Balaban J connectivity index is 2.27. The normalized spacial score (nSPS) is 11.7. The van der Waals surface area contributed by atoms with Crippen molar-refractivity contribution in [1.29, 1.82) is 0 Å². The summed E-state index contributed by atoms with van der Waals surface area (Å²) >= 11 is 0. The van der Waals surface area contributed by atoms with Crippen molar-refractivity contribution in [2.45, 2.75) is 13.0 Å². The summed E-state index contributed by atoms with van der Waals surface area (Å²) in [5.41, 5.74) is 1.33. The van der Waals surface area contributed by atoms with Crippen LogP contribution < -0.4 is 5.32 Å². The third kappa shape index (κ3) is 3.45. The molecular formula is C16H14FNO3. The molecule has 5 heteroatoms. The second kappa shape index (κ2) is 6.17. The fourth-order valence-electron chi connectivity index (χ4n) is 2.03. The Kier molecular flexibility index (Phi) is 4.33. The first-order valence-electron chi connectivity index (χ1n) is 6.34. The summed E-state index contributed by atoms with van der Waals surface area (Å²) in [7, 11) is 0. The molecule has 0 radical (unpaired) electrons. The number of amides is 1. The first-order chi connectivity index (χ1) is 9.99. The number of carboxylic acids is 1. The lowest BCUT2D eigenvalue weighted by Gasteiger charge is -2.17. The molecule has 0 aliphatic carbocycles. The molecule has 1 atom stereocenters. The van der Waals surface area contributed by atoms with Gasteiger partial charge < -0.3 is 10.4 Å². The molecule has 2 aromatic rings. The molecule has 0 saturated carbocycles. The van der Waals surface area contributed by atoms with Gasteiger partial charge in [0.2, 0.25) is 0 Å². The molecule has 0 fully saturated rings. The van der Waals surface area contributed by atoms with Crippen LogP contribution in [0.25, 0.3) is 0 Å². The van der Waals surface area contributed by atoms with Crippen LogP contribution in [0.15, 0.2) is 48.5 Å². The Morgan fingerprint density at radius 1 is 1.14 bits per heavy atom. The maximum atomic E-state index is 13.1. The highest BCUT2D eigenvalue weighted by Crippen LogP contribution is 2.18. The minimum Gasteiger partial charge on any atom is -0.479 e. The van der Waals surface area contributed by atoms with Gasteiger partial charge in [0.05, 0.1) is 0 Å². The number of carbonyl (C=O) groups is 2. The lowest BCUT2D eigenvalue weighted by atomic mass is 10.0. The number of hydrogen-bond donors (Lipinski definition) is 2. The Morgan fingerprint density at radius 2 is 1.86 bits per heavy atom. The highest BCUT2D eigenvalue weighted by Gasteiger charge is 2.24. The Labute approximate surface area is 121 Å². The summed E-state index contributed by atoms with van der Waals surface area (Å²) in [5.74, 6) is -2.36. The van der Waals surface area contributed by atoms with Gasteiger partial charge in [-0.25, -0.2) is 9.18 Å². The number of halogens is 1. The number of aliphatic carboxylic acids is 1. The van der Waals surface area contributed by atoms with E-state index < -0.39 is 23.7 Å². The summed E-state index contributed by atoms with van der Waals surface area (Å²) in [6.07, 6.45) is 0. The molecule has 0 heterocycles. The van der Waals surface area contributed by atoms with E-state index in [-0.39, 0.29) is 5.56 Å². The van der Waals surface area contributed by atoms with Crippen molar-refractivity contribution in [1.82, 2.24) is 5.32 Å². The van der Waals surface area contributed by atoms with E-state index in [0.717, 1.165) is 11.6 Å². The zero-order valence-corrected chi connectivity index (χ0v) is 11.3. The van der Waals surface area contributed by atoms with Crippen LogP contribution in [0, 0.1) is 12.7 Å². The van der Waals surface area contributed by atoms with Crippen molar-refractivity contribution in [2.24, 2.45) is 0 Å². The van der Waals surface area contributed by atoms with Gasteiger partial charge in [0, 0.05) is 5.56 Å². The fourth-order valence-corrected chi connectivity index (χ4v) is 2.03. The van der Waals surface area contributed by atoms with Crippen LogP contribution in [0.5, 0.6) is 0 Å². The predicted octanol–water partition coefficient (Wildman–Crippen LogP) is 2.69. The monoisotopic (exact) mass is 287 g/mol. The van der Waals surface area contributed by atoms with Crippen LogP contribution in [-0.4, -0.2) is 17.0 Å². The van der Waals surface area contributed by atoms with Crippen LogP contribution in [0.3, 0.4) is 0 Å². The lowest BCUT2D eigenvalue weighted by molar-refractivity contribution is -0.139. The van der Waals surface area contributed by atoms with Gasteiger partial charge in [0.25, 0.3) is 5.91 Å².